The summed E-state index contributed by atoms with van der Waals surface area (Å²) in [6.45, 7) is 6.68. The molecule has 10 heteroatoms. The Bertz CT molecular complexity index is 987. The number of aliphatic carboxylic acids is 1. The molecule has 2 heterocycles. The molecule has 0 radical (unpaired) electrons. The van der Waals surface area contributed by atoms with Crippen LogP contribution in [0.1, 0.15) is 31.1 Å². The van der Waals surface area contributed by atoms with E-state index in [1.807, 2.05) is 20.8 Å². The fourth-order valence-corrected chi connectivity index (χ4v) is 4.04. The lowest BCUT2D eigenvalue weighted by Crippen LogP contribution is -2.30. The van der Waals surface area contributed by atoms with E-state index in [2.05, 4.69) is 31.6 Å². The van der Waals surface area contributed by atoms with Crippen molar-refractivity contribution in [1.82, 2.24) is 25.2 Å². The molecular formula is C20H24BrN5O4. The first-order valence-corrected chi connectivity index (χ1v) is 10.4. The lowest BCUT2D eigenvalue weighted by atomic mass is 9.82. The molecule has 1 aromatic carbocycles. The summed E-state index contributed by atoms with van der Waals surface area (Å²) in [4.78, 5) is 38.0. The monoisotopic (exact) mass is 477 g/mol. The summed E-state index contributed by atoms with van der Waals surface area (Å²) < 4.78 is 2.05. The molecule has 1 aliphatic heterocycles. The van der Waals surface area contributed by atoms with Gasteiger partial charge < -0.3 is 15.3 Å². The van der Waals surface area contributed by atoms with Crippen molar-refractivity contribution in [1.29, 1.82) is 0 Å². The highest BCUT2D eigenvalue weighted by Crippen LogP contribution is 2.37. The maximum Gasteiger partial charge on any atom is 0.308 e. The van der Waals surface area contributed by atoms with Crippen LogP contribution in [0.25, 0.3) is 11.3 Å². The first kappa shape index (κ1) is 21.9. The lowest BCUT2D eigenvalue weighted by Gasteiger charge is -2.22. The summed E-state index contributed by atoms with van der Waals surface area (Å²) in [5, 5.41) is 20.2. The van der Waals surface area contributed by atoms with Gasteiger partial charge in [-0.3, -0.25) is 14.4 Å². The van der Waals surface area contributed by atoms with Gasteiger partial charge in [0.1, 0.15) is 12.2 Å². The number of carbonyl (C=O) groups excluding carboxylic acids is 2. The molecule has 3 rings (SSSR count). The minimum atomic E-state index is -0.896. The van der Waals surface area contributed by atoms with E-state index >= 15 is 0 Å². The number of carboxylic acids is 1. The van der Waals surface area contributed by atoms with Crippen molar-refractivity contribution in [2.24, 2.45) is 11.3 Å². The molecule has 2 N–H and O–H groups in total. The number of rotatable bonds is 6. The first-order chi connectivity index (χ1) is 14.1. The number of carbonyl (C=O) groups is 3. The van der Waals surface area contributed by atoms with E-state index in [0.29, 0.717) is 34.4 Å². The maximum absolute atomic E-state index is 13.1. The molecule has 9 nitrogen and oxygen atoms in total. The van der Waals surface area contributed by atoms with Crippen LogP contribution >= 0.6 is 15.9 Å². The maximum atomic E-state index is 13.1. The van der Waals surface area contributed by atoms with Crippen molar-refractivity contribution in [3.8, 4) is 11.3 Å². The highest BCUT2D eigenvalue weighted by molar-refractivity contribution is 9.10. The number of nitrogens with one attached hydrogen (secondary N) is 1. The largest absolute Gasteiger partial charge is 0.481 e. The van der Waals surface area contributed by atoms with Crippen LogP contribution in [0.4, 0.5) is 0 Å². The standard InChI is InChI=1S/C20H24BrN5O4/c1-4-22-17(27)10-26-9-16(23-24-26)12-5-6-15(21)13(7-12)18(28)25-8-14(19(29)30)20(2,3)11-25/h5-7,9,14H,4,8,10-11H2,1-3H3,(H,22,27)(H,29,30). The van der Waals surface area contributed by atoms with Gasteiger partial charge in [0.2, 0.25) is 5.91 Å². The van der Waals surface area contributed by atoms with Crippen LogP contribution in [0.2, 0.25) is 0 Å². The molecule has 1 saturated heterocycles. The van der Waals surface area contributed by atoms with E-state index < -0.39 is 17.3 Å². The number of benzene rings is 1. The van der Waals surface area contributed by atoms with Crippen molar-refractivity contribution in [2.45, 2.75) is 27.3 Å². The fourth-order valence-electron chi connectivity index (χ4n) is 3.63. The number of halogens is 1. The van der Waals surface area contributed by atoms with Crippen LogP contribution in [0.5, 0.6) is 0 Å². The van der Waals surface area contributed by atoms with E-state index in [1.54, 1.807) is 29.3 Å². The Morgan fingerprint density at radius 3 is 2.70 bits per heavy atom. The third-order valence-corrected chi connectivity index (χ3v) is 5.93. The van der Waals surface area contributed by atoms with Crippen molar-refractivity contribution in [3.05, 3.63) is 34.4 Å². The van der Waals surface area contributed by atoms with E-state index in [0.717, 1.165) is 0 Å². The zero-order valence-electron chi connectivity index (χ0n) is 17.1. The summed E-state index contributed by atoms with van der Waals surface area (Å²) in [5.74, 6) is -1.91. The predicted octanol–water partition coefficient (Wildman–Crippen LogP) is 2.03. The third kappa shape index (κ3) is 4.53. The molecule has 2 aromatic rings. The van der Waals surface area contributed by atoms with Gasteiger partial charge in [0, 0.05) is 29.7 Å². The molecule has 30 heavy (non-hydrogen) atoms. The first-order valence-electron chi connectivity index (χ1n) is 9.61. The normalized spacial score (nSPS) is 17.7. The Labute approximate surface area is 182 Å². The Morgan fingerprint density at radius 1 is 1.33 bits per heavy atom. The second-order valence-corrected chi connectivity index (χ2v) is 8.87. The molecule has 1 aromatic heterocycles. The fraction of sp³-hybridized carbons (Fsp3) is 0.450. The van der Waals surface area contributed by atoms with Crippen molar-refractivity contribution >= 4 is 33.7 Å². The number of hydrogen-bond acceptors (Lipinski definition) is 5. The summed E-state index contributed by atoms with van der Waals surface area (Å²) in [7, 11) is 0. The van der Waals surface area contributed by atoms with Crippen LogP contribution in [0.15, 0.2) is 28.9 Å². The minimum Gasteiger partial charge on any atom is -0.481 e. The van der Waals surface area contributed by atoms with Crippen molar-refractivity contribution in [3.63, 3.8) is 0 Å². The average Bonchev–Trinajstić information content (AvgIpc) is 3.25. The number of likely N-dealkylation sites (tertiary alicyclic amines) is 1. The topological polar surface area (TPSA) is 117 Å². The molecule has 2 amide bonds. The summed E-state index contributed by atoms with van der Waals surface area (Å²) in [6.07, 6.45) is 1.64. The van der Waals surface area contributed by atoms with E-state index in [4.69, 9.17) is 0 Å². The van der Waals surface area contributed by atoms with E-state index in [-0.39, 0.29) is 24.9 Å². The highest BCUT2D eigenvalue weighted by Gasteiger charge is 2.45. The molecule has 0 saturated carbocycles. The van der Waals surface area contributed by atoms with Gasteiger partial charge in [0.15, 0.2) is 0 Å². The number of amides is 2. The van der Waals surface area contributed by atoms with Gasteiger partial charge in [-0.15, -0.1) is 5.10 Å². The predicted molar refractivity (Wildman–Crippen MR) is 113 cm³/mol. The van der Waals surface area contributed by atoms with Crippen molar-refractivity contribution in [2.75, 3.05) is 19.6 Å². The SMILES string of the molecule is CCNC(=O)Cn1cc(-c2ccc(Br)c(C(=O)N3CC(C(=O)O)C(C)(C)C3)c2)nn1. The molecule has 1 atom stereocenters. The third-order valence-electron chi connectivity index (χ3n) is 5.24. The lowest BCUT2D eigenvalue weighted by molar-refractivity contribution is -0.144. The molecule has 0 aliphatic carbocycles. The van der Waals surface area contributed by atoms with Crippen LogP contribution in [-0.2, 0) is 16.1 Å². The molecular weight excluding hydrogens is 454 g/mol. The molecule has 1 fully saturated rings. The molecule has 0 spiro atoms. The van der Waals surface area contributed by atoms with Gasteiger partial charge in [-0.05, 0) is 40.4 Å². The second-order valence-electron chi connectivity index (χ2n) is 8.01. The molecule has 1 unspecified atom stereocenters. The highest BCUT2D eigenvalue weighted by atomic mass is 79.9. The number of nitrogens with zero attached hydrogens (tertiary/aromatic N) is 4. The van der Waals surface area contributed by atoms with Crippen LogP contribution in [0, 0.1) is 11.3 Å². The zero-order chi connectivity index (χ0) is 22.1. The number of likely N-dealkylation sites (N-methyl/N-ethyl adjacent to an activating group) is 1. The number of hydrogen-bond donors (Lipinski definition) is 2. The smallest absolute Gasteiger partial charge is 0.308 e. The Morgan fingerprint density at radius 2 is 2.07 bits per heavy atom. The number of aromatic nitrogens is 3. The molecule has 160 valence electrons. The van der Waals surface area contributed by atoms with Crippen LogP contribution in [0.3, 0.4) is 0 Å². The van der Waals surface area contributed by atoms with Gasteiger partial charge >= 0.3 is 5.97 Å². The molecule has 1 aliphatic rings. The zero-order valence-corrected chi connectivity index (χ0v) is 18.6. The van der Waals surface area contributed by atoms with Gasteiger partial charge in [-0.25, -0.2) is 4.68 Å². The second kappa shape index (κ2) is 8.55. The minimum absolute atomic E-state index is 0.0581. The van der Waals surface area contributed by atoms with Crippen molar-refractivity contribution < 1.29 is 19.5 Å². The number of carboxylic acid groups (broad SMARTS) is 1. The van der Waals surface area contributed by atoms with E-state index in [1.165, 1.54) is 4.68 Å². The van der Waals surface area contributed by atoms with Gasteiger partial charge in [-0.2, -0.15) is 0 Å². The summed E-state index contributed by atoms with van der Waals surface area (Å²) >= 11 is 3.42. The quantitative estimate of drug-likeness (QED) is 0.656. The van der Waals surface area contributed by atoms with Crippen LogP contribution in [-0.4, -0.2) is 62.4 Å². The summed E-state index contributed by atoms with van der Waals surface area (Å²) in [6, 6.07) is 5.25. The van der Waals surface area contributed by atoms with Crippen LogP contribution < -0.4 is 5.32 Å². The van der Waals surface area contributed by atoms with Gasteiger partial charge in [0.25, 0.3) is 5.91 Å². The van der Waals surface area contributed by atoms with E-state index in [9.17, 15) is 19.5 Å². The Balaban J connectivity index is 1.82. The van der Waals surface area contributed by atoms with Gasteiger partial charge in [-0.1, -0.05) is 25.1 Å². The Hall–Kier alpha value is -2.75. The average molecular weight is 478 g/mol. The summed E-state index contributed by atoms with van der Waals surface area (Å²) in [5.41, 5.74) is 1.13. The Kier molecular flexibility index (Phi) is 6.25. The molecule has 0 bridgehead atoms. The van der Waals surface area contributed by atoms with Gasteiger partial charge in [0.05, 0.1) is 17.7 Å².